The van der Waals surface area contributed by atoms with Crippen molar-refractivity contribution in [2.75, 3.05) is 19.8 Å². The van der Waals surface area contributed by atoms with Crippen LogP contribution in [0.3, 0.4) is 0 Å². The maximum atomic E-state index is 13.2. The number of unbranched alkanes of at least 4 members (excludes halogenated alkanes) is 1. The first-order chi connectivity index (χ1) is 19.3. The molecule has 0 saturated heterocycles. The number of hydrogen-bond donors (Lipinski definition) is 0. The third kappa shape index (κ3) is 9.45. The summed E-state index contributed by atoms with van der Waals surface area (Å²) < 4.78 is 24.8. The van der Waals surface area contributed by atoms with Crippen molar-refractivity contribution in [3.8, 4) is 11.5 Å². The molecule has 0 bridgehead atoms. The van der Waals surface area contributed by atoms with E-state index >= 15 is 0 Å². The lowest BCUT2D eigenvalue weighted by atomic mass is 9.95. The molecule has 0 saturated carbocycles. The summed E-state index contributed by atoms with van der Waals surface area (Å²) in [6, 6.07) is 15.5. The number of hydrogen-bond acceptors (Lipinski definition) is 6. The second kappa shape index (κ2) is 14.7. The van der Waals surface area contributed by atoms with E-state index in [0.717, 1.165) is 35.5 Å². The van der Waals surface area contributed by atoms with Gasteiger partial charge in [0.15, 0.2) is 27.4 Å². The van der Waals surface area contributed by atoms with Crippen LogP contribution in [0.5, 0.6) is 11.5 Å². The summed E-state index contributed by atoms with van der Waals surface area (Å²) in [5.41, 5.74) is 1.27. The molecule has 2 aromatic rings. The highest BCUT2D eigenvalue weighted by Crippen LogP contribution is 2.54. The van der Waals surface area contributed by atoms with Crippen LogP contribution in [0.15, 0.2) is 47.4 Å². The minimum atomic E-state index is -1.66. The van der Waals surface area contributed by atoms with Gasteiger partial charge in [0.05, 0.1) is 11.5 Å². The molecule has 2 aromatic carbocycles. The van der Waals surface area contributed by atoms with Gasteiger partial charge < -0.3 is 18.3 Å². The van der Waals surface area contributed by atoms with Gasteiger partial charge in [-0.3, -0.25) is 4.79 Å². The van der Waals surface area contributed by atoms with Crippen LogP contribution in [0.1, 0.15) is 69.8 Å². The van der Waals surface area contributed by atoms with Crippen LogP contribution in [0.4, 0.5) is 0 Å². The molecule has 0 amide bonds. The zero-order valence-corrected chi connectivity index (χ0v) is 29.6. The molecule has 228 valence electrons. The molecule has 0 N–H and O–H groups in total. The molecule has 1 heterocycles. The van der Waals surface area contributed by atoms with Gasteiger partial charge in [0.25, 0.3) is 0 Å². The lowest BCUT2D eigenvalue weighted by Gasteiger charge is -2.35. The van der Waals surface area contributed by atoms with Crippen LogP contribution < -0.4 is 9.47 Å². The Labute approximate surface area is 255 Å². The van der Waals surface area contributed by atoms with E-state index in [0.29, 0.717) is 36.2 Å². The summed E-state index contributed by atoms with van der Waals surface area (Å²) in [7, 11) is -3.21. The van der Waals surface area contributed by atoms with Crippen molar-refractivity contribution < 1.29 is 23.1 Å². The van der Waals surface area contributed by atoms with Crippen molar-refractivity contribution in [1.82, 2.24) is 0 Å². The number of rotatable bonds is 17. The topological polar surface area (TPSA) is 54.0 Å². The molecule has 0 unspecified atom stereocenters. The summed E-state index contributed by atoms with van der Waals surface area (Å²) in [6.07, 6.45) is 3.53. The Morgan fingerprint density at radius 2 is 1.46 bits per heavy atom. The lowest BCUT2D eigenvalue weighted by Crippen LogP contribution is -2.44. The van der Waals surface area contributed by atoms with Crippen LogP contribution in [0.2, 0.25) is 38.3 Å². The standard InChI is InChI=1S/C33H52O5SSi2/c1-10-11-22-40(6,7)38-41(8,9)23-12-19-35-20-21-36-29-16-13-27(14-17-29)32(34)28-15-18-31-30(24-28)37-33(39-31,25(2)3)26(4)5/h13-18,24-26H,10-12,19-23H2,1-9H3. The second-order valence-electron chi connectivity index (χ2n) is 13.0. The summed E-state index contributed by atoms with van der Waals surface area (Å²) in [4.78, 5) is 14.0. The minimum Gasteiger partial charge on any atom is -0.491 e. The molecule has 0 fully saturated rings. The van der Waals surface area contributed by atoms with E-state index in [9.17, 15) is 4.79 Å². The highest BCUT2D eigenvalue weighted by Gasteiger charge is 2.46. The van der Waals surface area contributed by atoms with Crippen LogP contribution in [0.25, 0.3) is 0 Å². The molecule has 0 atom stereocenters. The van der Waals surface area contributed by atoms with E-state index in [4.69, 9.17) is 18.3 Å². The van der Waals surface area contributed by atoms with Gasteiger partial charge in [0, 0.05) is 29.6 Å². The minimum absolute atomic E-state index is 0.0188. The quantitative estimate of drug-likeness (QED) is 0.100. The third-order valence-corrected chi connectivity index (χ3v) is 17.2. The molecule has 3 rings (SSSR count). The van der Waals surface area contributed by atoms with Gasteiger partial charge in [0.1, 0.15) is 18.1 Å². The van der Waals surface area contributed by atoms with Crippen molar-refractivity contribution in [2.45, 2.75) is 102 Å². The van der Waals surface area contributed by atoms with Crippen molar-refractivity contribution in [3.63, 3.8) is 0 Å². The highest BCUT2D eigenvalue weighted by atomic mass is 32.2. The number of thioether (sulfide) groups is 1. The largest absolute Gasteiger partial charge is 0.491 e. The maximum absolute atomic E-state index is 13.2. The molecule has 8 heteroatoms. The molecule has 1 aliphatic heterocycles. The van der Waals surface area contributed by atoms with Gasteiger partial charge in [0.2, 0.25) is 0 Å². The zero-order valence-electron chi connectivity index (χ0n) is 26.8. The van der Waals surface area contributed by atoms with E-state index in [2.05, 4.69) is 60.8 Å². The van der Waals surface area contributed by atoms with E-state index in [1.807, 2.05) is 42.5 Å². The molecular weight excluding hydrogens is 565 g/mol. The summed E-state index contributed by atoms with van der Waals surface area (Å²) in [5.74, 6) is 2.21. The molecule has 0 spiro atoms. The molecule has 1 aliphatic rings. The summed E-state index contributed by atoms with van der Waals surface area (Å²) in [5, 5.41) is 0. The average Bonchev–Trinajstić information content (AvgIpc) is 3.31. The van der Waals surface area contributed by atoms with Crippen molar-refractivity contribution in [1.29, 1.82) is 0 Å². The predicted molar refractivity (Wildman–Crippen MR) is 177 cm³/mol. The van der Waals surface area contributed by atoms with Crippen LogP contribution >= 0.6 is 11.8 Å². The number of carbonyl (C=O) groups excluding carboxylic acids is 1. The Bertz CT molecular complexity index is 1120. The molecule has 41 heavy (non-hydrogen) atoms. The molecular formula is C33H52O5SSi2. The van der Waals surface area contributed by atoms with Gasteiger partial charge >= 0.3 is 0 Å². The number of ketones is 1. The Hall–Kier alpha value is -1.59. The first-order valence-corrected chi connectivity index (χ1v) is 22.4. The van der Waals surface area contributed by atoms with E-state index in [1.54, 1.807) is 11.8 Å². The van der Waals surface area contributed by atoms with Crippen LogP contribution in [0, 0.1) is 11.8 Å². The summed E-state index contributed by atoms with van der Waals surface area (Å²) in [6.45, 7) is 22.2. The van der Waals surface area contributed by atoms with Crippen molar-refractivity contribution >= 4 is 34.2 Å². The maximum Gasteiger partial charge on any atom is 0.193 e. The van der Waals surface area contributed by atoms with Gasteiger partial charge in [-0.05, 0) is 87.2 Å². The zero-order chi connectivity index (χ0) is 30.3. The Balaban J connectivity index is 1.41. The van der Waals surface area contributed by atoms with Crippen molar-refractivity contribution in [2.24, 2.45) is 11.8 Å². The Morgan fingerprint density at radius 1 is 0.854 bits per heavy atom. The highest BCUT2D eigenvalue weighted by molar-refractivity contribution is 8.01. The monoisotopic (exact) mass is 616 g/mol. The fourth-order valence-corrected chi connectivity index (χ4v) is 15.8. The SMILES string of the molecule is CCCC[Si](C)(C)O[Si](C)(C)CCCOCCOc1ccc(C(=O)c2ccc3c(c2)OC(C(C)C)(C(C)C)S3)cc1. The van der Waals surface area contributed by atoms with Gasteiger partial charge in [-0.1, -0.05) is 59.2 Å². The molecule has 0 radical (unpaired) electrons. The van der Waals surface area contributed by atoms with Gasteiger partial charge in [-0.25, -0.2) is 0 Å². The predicted octanol–water partition coefficient (Wildman–Crippen LogP) is 9.42. The Morgan fingerprint density at radius 3 is 2.07 bits per heavy atom. The lowest BCUT2D eigenvalue weighted by molar-refractivity contribution is 0.0754. The molecule has 0 aromatic heterocycles. The second-order valence-corrected chi connectivity index (χ2v) is 23.2. The number of fused-ring (bicyclic) bond motifs is 1. The van der Waals surface area contributed by atoms with E-state index < -0.39 is 16.6 Å². The van der Waals surface area contributed by atoms with E-state index in [1.165, 1.54) is 18.9 Å². The number of carbonyl (C=O) groups is 1. The Kier molecular flexibility index (Phi) is 12.2. The number of ether oxygens (including phenoxy) is 3. The van der Waals surface area contributed by atoms with Crippen LogP contribution in [-0.2, 0) is 8.85 Å². The fraction of sp³-hybridized carbons (Fsp3) is 0.606. The molecule has 0 aliphatic carbocycles. The fourth-order valence-electron chi connectivity index (χ4n) is 5.56. The van der Waals surface area contributed by atoms with Crippen molar-refractivity contribution in [3.05, 3.63) is 53.6 Å². The summed E-state index contributed by atoms with van der Waals surface area (Å²) >= 11 is 1.77. The number of benzene rings is 2. The average molecular weight is 617 g/mol. The normalized spacial score (nSPS) is 14.8. The van der Waals surface area contributed by atoms with Gasteiger partial charge in [-0.15, -0.1) is 0 Å². The van der Waals surface area contributed by atoms with Gasteiger partial charge in [-0.2, -0.15) is 0 Å². The first kappa shape index (κ1) is 33.9. The van der Waals surface area contributed by atoms with E-state index in [-0.39, 0.29) is 10.7 Å². The van der Waals surface area contributed by atoms with Crippen LogP contribution in [-0.4, -0.2) is 47.2 Å². The third-order valence-electron chi connectivity index (χ3n) is 7.72. The molecule has 5 nitrogen and oxygen atoms in total. The first-order valence-electron chi connectivity index (χ1n) is 15.4. The smallest absolute Gasteiger partial charge is 0.193 e.